The molecule has 0 aliphatic heterocycles. The van der Waals surface area contributed by atoms with E-state index < -0.39 is 0 Å². The van der Waals surface area contributed by atoms with Gasteiger partial charge in [0.15, 0.2) is 0 Å². The highest BCUT2D eigenvalue weighted by Gasteiger charge is 2.66. The molecule has 0 aromatic heterocycles. The molecule has 1 aliphatic rings. The molecule has 1 fully saturated rings. The van der Waals surface area contributed by atoms with Gasteiger partial charge in [0.25, 0.3) is 0 Å². The highest BCUT2D eigenvalue weighted by molar-refractivity contribution is 5.81. The van der Waals surface area contributed by atoms with E-state index in [4.69, 9.17) is 9.84 Å². The Balaban J connectivity index is 2.64. The minimum atomic E-state index is -0.295. The molecule has 0 amide bonds. The van der Waals surface area contributed by atoms with Crippen LogP contribution in [0.1, 0.15) is 40.5 Å². The Kier molecular flexibility index (Phi) is 3.44. The molecule has 0 saturated heterocycles. The number of aliphatic hydroxyl groups is 1. The second kappa shape index (κ2) is 4.12. The molecule has 1 N–H and O–H groups in total. The number of hydrogen-bond acceptors (Lipinski definition) is 3. The number of ether oxygens (including phenoxy) is 1. The fraction of sp³-hybridized carbons (Fsp3) is 0.917. The van der Waals surface area contributed by atoms with Gasteiger partial charge < -0.3 is 9.84 Å². The van der Waals surface area contributed by atoms with Gasteiger partial charge in [-0.2, -0.15) is 0 Å². The van der Waals surface area contributed by atoms with E-state index in [-0.39, 0.29) is 30.0 Å². The van der Waals surface area contributed by atoms with Gasteiger partial charge in [-0.1, -0.05) is 27.7 Å². The van der Waals surface area contributed by atoms with Crippen LogP contribution in [0.4, 0.5) is 0 Å². The summed E-state index contributed by atoms with van der Waals surface area (Å²) in [6.45, 7) is 8.48. The van der Waals surface area contributed by atoms with Crippen molar-refractivity contribution in [1.29, 1.82) is 0 Å². The van der Waals surface area contributed by atoms with Crippen molar-refractivity contribution < 1.29 is 14.6 Å². The molecular formula is C12H22O3. The molecule has 0 radical (unpaired) electrons. The molecule has 88 valence electrons. The van der Waals surface area contributed by atoms with Crippen molar-refractivity contribution in [1.82, 2.24) is 0 Å². The first kappa shape index (κ1) is 12.5. The lowest BCUT2D eigenvalue weighted by Crippen LogP contribution is -2.26. The summed E-state index contributed by atoms with van der Waals surface area (Å²) in [4.78, 5) is 11.9. The van der Waals surface area contributed by atoms with Gasteiger partial charge in [0.05, 0.1) is 12.0 Å². The van der Waals surface area contributed by atoms with Gasteiger partial charge in [-0.3, -0.25) is 4.79 Å². The molecule has 3 heteroatoms. The maximum atomic E-state index is 11.9. The van der Waals surface area contributed by atoms with Crippen LogP contribution in [0.5, 0.6) is 0 Å². The van der Waals surface area contributed by atoms with Crippen molar-refractivity contribution in [3.63, 3.8) is 0 Å². The fourth-order valence-corrected chi connectivity index (χ4v) is 2.46. The number of carbonyl (C=O) groups excluding carboxylic acids is 1. The fourth-order valence-electron chi connectivity index (χ4n) is 2.46. The summed E-state index contributed by atoms with van der Waals surface area (Å²) < 4.78 is 5.07. The van der Waals surface area contributed by atoms with Crippen molar-refractivity contribution in [3.8, 4) is 0 Å². The Morgan fingerprint density at radius 3 is 2.33 bits per heavy atom. The molecule has 0 aromatic rings. The molecule has 1 unspecified atom stereocenters. The summed E-state index contributed by atoms with van der Waals surface area (Å²) >= 11 is 0. The van der Waals surface area contributed by atoms with E-state index >= 15 is 0 Å². The SMILES string of the molecule is CC(C)CC1(C(=O)OCCO)CC1(C)C. The van der Waals surface area contributed by atoms with Crippen LogP contribution in [-0.2, 0) is 9.53 Å². The first-order chi connectivity index (χ1) is 6.85. The van der Waals surface area contributed by atoms with Gasteiger partial charge in [-0.05, 0) is 24.2 Å². The summed E-state index contributed by atoms with van der Waals surface area (Å²) in [5.74, 6) is 0.365. The van der Waals surface area contributed by atoms with Crippen LogP contribution in [0.3, 0.4) is 0 Å². The Hall–Kier alpha value is -0.570. The van der Waals surface area contributed by atoms with E-state index in [1.54, 1.807) is 0 Å². The van der Waals surface area contributed by atoms with Gasteiger partial charge >= 0.3 is 5.97 Å². The summed E-state index contributed by atoms with van der Waals surface area (Å²) in [6, 6.07) is 0. The minimum Gasteiger partial charge on any atom is -0.463 e. The smallest absolute Gasteiger partial charge is 0.312 e. The van der Waals surface area contributed by atoms with Crippen molar-refractivity contribution in [2.24, 2.45) is 16.7 Å². The monoisotopic (exact) mass is 214 g/mol. The van der Waals surface area contributed by atoms with Crippen LogP contribution in [0.15, 0.2) is 0 Å². The van der Waals surface area contributed by atoms with E-state index in [1.807, 2.05) is 0 Å². The summed E-state index contributed by atoms with van der Waals surface area (Å²) in [7, 11) is 0. The molecule has 0 heterocycles. The highest BCUT2D eigenvalue weighted by Crippen LogP contribution is 2.67. The maximum Gasteiger partial charge on any atom is 0.312 e. The number of rotatable bonds is 5. The Labute approximate surface area is 91.8 Å². The number of hydrogen-bond donors (Lipinski definition) is 1. The van der Waals surface area contributed by atoms with Gasteiger partial charge in [0.1, 0.15) is 6.61 Å². The van der Waals surface area contributed by atoms with Crippen LogP contribution in [-0.4, -0.2) is 24.3 Å². The van der Waals surface area contributed by atoms with Crippen molar-refractivity contribution in [2.75, 3.05) is 13.2 Å². The normalized spacial score (nSPS) is 27.9. The third-order valence-electron chi connectivity index (χ3n) is 3.39. The van der Waals surface area contributed by atoms with Crippen LogP contribution < -0.4 is 0 Å². The zero-order chi connectivity index (χ0) is 11.7. The summed E-state index contributed by atoms with van der Waals surface area (Å²) in [6.07, 6.45) is 1.78. The predicted molar refractivity (Wildman–Crippen MR) is 58.3 cm³/mol. The third-order valence-corrected chi connectivity index (χ3v) is 3.39. The topological polar surface area (TPSA) is 46.5 Å². The zero-order valence-electron chi connectivity index (χ0n) is 10.2. The van der Waals surface area contributed by atoms with Gasteiger partial charge in [0, 0.05) is 0 Å². The predicted octanol–water partition coefficient (Wildman–Crippen LogP) is 1.98. The molecule has 0 bridgehead atoms. The van der Waals surface area contributed by atoms with Crippen LogP contribution in [0.25, 0.3) is 0 Å². The van der Waals surface area contributed by atoms with Crippen molar-refractivity contribution in [3.05, 3.63) is 0 Å². The lowest BCUT2D eigenvalue weighted by molar-refractivity contribution is -0.153. The Morgan fingerprint density at radius 2 is 2.00 bits per heavy atom. The van der Waals surface area contributed by atoms with Gasteiger partial charge in [-0.25, -0.2) is 0 Å². The van der Waals surface area contributed by atoms with E-state index in [0.717, 1.165) is 12.8 Å². The molecule has 1 saturated carbocycles. The maximum absolute atomic E-state index is 11.9. The Bertz CT molecular complexity index is 245. The average molecular weight is 214 g/mol. The number of carbonyl (C=O) groups is 1. The first-order valence-electron chi connectivity index (χ1n) is 5.64. The summed E-state index contributed by atoms with van der Waals surface area (Å²) in [5.41, 5.74) is -0.236. The Morgan fingerprint density at radius 1 is 1.47 bits per heavy atom. The second-order valence-electron chi connectivity index (χ2n) is 5.60. The summed E-state index contributed by atoms with van der Waals surface area (Å²) in [5, 5.41) is 8.64. The molecule has 0 aromatic carbocycles. The van der Waals surface area contributed by atoms with Crippen LogP contribution >= 0.6 is 0 Å². The average Bonchev–Trinajstić information content (AvgIpc) is 2.64. The van der Waals surface area contributed by atoms with E-state index in [9.17, 15) is 4.79 Å². The first-order valence-corrected chi connectivity index (χ1v) is 5.64. The molecule has 1 atom stereocenters. The standard InChI is InChI=1S/C12H22O3/c1-9(2)7-12(8-11(12,3)4)10(14)15-6-5-13/h9,13H,5-8H2,1-4H3. The van der Waals surface area contributed by atoms with Crippen LogP contribution in [0, 0.1) is 16.7 Å². The quantitative estimate of drug-likeness (QED) is 0.712. The lowest BCUT2D eigenvalue weighted by atomic mass is 9.87. The minimum absolute atomic E-state index is 0.0593. The molecule has 1 aliphatic carbocycles. The van der Waals surface area contributed by atoms with E-state index in [1.165, 1.54) is 0 Å². The van der Waals surface area contributed by atoms with Gasteiger partial charge in [0.2, 0.25) is 0 Å². The highest BCUT2D eigenvalue weighted by atomic mass is 16.5. The molecule has 1 rings (SSSR count). The number of esters is 1. The molecule has 0 spiro atoms. The molecule has 15 heavy (non-hydrogen) atoms. The molecular weight excluding hydrogens is 192 g/mol. The lowest BCUT2D eigenvalue weighted by Gasteiger charge is -2.20. The van der Waals surface area contributed by atoms with Crippen molar-refractivity contribution >= 4 is 5.97 Å². The van der Waals surface area contributed by atoms with Gasteiger partial charge in [-0.15, -0.1) is 0 Å². The van der Waals surface area contributed by atoms with Crippen LogP contribution in [0.2, 0.25) is 0 Å². The molecule has 3 nitrogen and oxygen atoms in total. The second-order valence-corrected chi connectivity index (χ2v) is 5.60. The third kappa shape index (κ3) is 2.33. The zero-order valence-corrected chi connectivity index (χ0v) is 10.2. The largest absolute Gasteiger partial charge is 0.463 e. The van der Waals surface area contributed by atoms with E-state index in [2.05, 4.69) is 27.7 Å². The van der Waals surface area contributed by atoms with Crippen molar-refractivity contribution in [2.45, 2.75) is 40.5 Å². The number of aliphatic hydroxyl groups excluding tert-OH is 1. The van der Waals surface area contributed by atoms with E-state index in [0.29, 0.717) is 5.92 Å².